The molecule has 1 saturated heterocycles. The average molecular weight is 466 g/mol. The molecule has 0 saturated carbocycles. The van der Waals surface area contributed by atoms with E-state index in [1.807, 2.05) is 0 Å². The van der Waals surface area contributed by atoms with Crippen molar-refractivity contribution in [2.45, 2.75) is 37.6 Å². The Balaban J connectivity index is 1.33. The van der Waals surface area contributed by atoms with Gasteiger partial charge in [-0.15, -0.1) is 0 Å². The largest absolute Gasteiger partial charge is 0.481 e. The summed E-state index contributed by atoms with van der Waals surface area (Å²) in [5, 5.41) is 3.40. The van der Waals surface area contributed by atoms with Crippen molar-refractivity contribution >= 4 is 11.7 Å². The van der Waals surface area contributed by atoms with Crippen LogP contribution in [0.25, 0.3) is 11.4 Å². The normalized spacial score (nSPS) is 20.1. The average Bonchev–Trinajstić information content (AvgIpc) is 3.26. The first-order valence-corrected chi connectivity index (χ1v) is 11.1. The van der Waals surface area contributed by atoms with Gasteiger partial charge in [-0.05, 0) is 43.9 Å². The van der Waals surface area contributed by atoms with Gasteiger partial charge in [0.05, 0.1) is 30.3 Å². The minimum atomic E-state index is -0.688. The van der Waals surface area contributed by atoms with E-state index in [-0.39, 0.29) is 22.9 Å². The van der Waals surface area contributed by atoms with Crippen LogP contribution in [0, 0.1) is 11.8 Å². The molecule has 8 nitrogen and oxygen atoms in total. The molecule has 2 aliphatic rings. The first-order valence-electron chi connectivity index (χ1n) is 11.1. The van der Waals surface area contributed by atoms with Gasteiger partial charge in [-0.3, -0.25) is 4.79 Å². The van der Waals surface area contributed by atoms with Gasteiger partial charge in [0.2, 0.25) is 17.7 Å². The molecule has 1 fully saturated rings. The van der Waals surface area contributed by atoms with E-state index in [9.17, 15) is 13.6 Å². The van der Waals surface area contributed by atoms with Crippen molar-refractivity contribution < 1.29 is 18.3 Å². The second kappa shape index (κ2) is 8.58. The van der Waals surface area contributed by atoms with Crippen molar-refractivity contribution in [3.8, 4) is 17.3 Å². The third-order valence-electron chi connectivity index (χ3n) is 6.69. The molecule has 34 heavy (non-hydrogen) atoms. The number of carbonyl (C=O) groups excluding carboxylic acids is 1. The summed E-state index contributed by atoms with van der Waals surface area (Å²) < 4.78 is 34.2. The molecular formula is C24H24F2N6O2. The Kier molecular flexibility index (Phi) is 5.59. The van der Waals surface area contributed by atoms with Gasteiger partial charge in [-0.25, -0.2) is 24.3 Å². The number of halogens is 2. The van der Waals surface area contributed by atoms with E-state index in [1.165, 1.54) is 13.2 Å². The highest BCUT2D eigenvalue weighted by Crippen LogP contribution is 2.38. The number of pyridine rings is 2. The smallest absolute Gasteiger partial charge is 0.230 e. The molecule has 5 heterocycles. The quantitative estimate of drug-likeness (QED) is 0.590. The molecule has 1 unspecified atom stereocenters. The van der Waals surface area contributed by atoms with Crippen LogP contribution < -0.4 is 10.1 Å². The molecule has 1 N–H and O–H groups in total. The van der Waals surface area contributed by atoms with Crippen LogP contribution in [-0.2, 0) is 11.2 Å². The van der Waals surface area contributed by atoms with Crippen molar-refractivity contribution in [1.82, 2.24) is 24.8 Å². The lowest BCUT2D eigenvalue weighted by Gasteiger charge is -2.36. The molecule has 0 radical (unpaired) electrons. The number of aromatic nitrogens is 4. The highest BCUT2D eigenvalue weighted by Gasteiger charge is 2.43. The number of carbonyl (C=O) groups is 1. The lowest BCUT2D eigenvalue weighted by Crippen LogP contribution is -2.46. The molecule has 1 spiro atoms. The monoisotopic (exact) mass is 466 g/mol. The van der Waals surface area contributed by atoms with Crippen molar-refractivity contribution in [2.75, 3.05) is 25.5 Å². The molecule has 5 rings (SSSR count). The number of aryl methyl sites for hydroxylation is 1. The summed E-state index contributed by atoms with van der Waals surface area (Å²) in [6, 6.07) is 4.87. The van der Waals surface area contributed by atoms with E-state index in [4.69, 9.17) is 4.74 Å². The molecule has 2 aliphatic heterocycles. The van der Waals surface area contributed by atoms with Crippen LogP contribution in [0.15, 0.2) is 36.8 Å². The van der Waals surface area contributed by atoms with E-state index < -0.39 is 23.2 Å². The summed E-state index contributed by atoms with van der Waals surface area (Å²) in [5.74, 6) is -1.01. The van der Waals surface area contributed by atoms with E-state index in [2.05, 4.69) is 25.3 Å². The Morgan fingerprint density at radius 3 is 2.76 bits per heavy atom. The standard InChI is InChI=1S/C24H24F2N6O2/c1-14(16-11-19(34-2)29-12-18(16)25)23(33)32-9-6-24(13-32)5-4-15-10-17(20(26)30-21(15)31-24)22-27-7-3-8-28-22/h3,7-8,10-12,14H,4-6,9,13H2,1-2H3,(H,30,31)/t14-,24?/m1/s1. The number of amides is 1. The van der Waals surface area contributed by atoms with Crippen molar-refractivity contribution in [3.05, 3.63) is 59.7 Å². The van der Waals surface area contributed by atoms with Gasteiger partial charge in [0.1, 0.15) is 11.6 Å². The van der Waals surface area contributed by atoms with Crippen LogP contribution in [0.5, 0.6) is 5.88 Å². The van der Waals surface area contributed by atoms with Crippen molar-refractivity contribution in [2.24, 2.45) is 0 Å². The zero-order chi connectivity index (χ0) is 23.9. The lowest BCUT2D eigenvalue weighted by atomic mass is 9.86. The van der Waals surface area contributed by atoms with Crippen LogP contribution in [0.4, 0.5) is 14.6 Å². The minimum absolute atomic E-state index is 0.174. The molecule has 0 bridgehead atoms. The molecule has 3 aromatic rings. The molecule has 2 atom stereocenters. The number of fused-ring (bicyclic) bond motifs is 1. The van der Waals surface area contributed by atoms with Crippen molar-refractivity contribution in [3.63, 3.8) is 0 Å². The molecule has 10 heteroatoms. The molecule has 0 aliphatic carbocycles. The molecule has 0 aromatic carbocycles. The Hall–Kier alpha value is -3.69. The zero-order valence-electron chi connectivity index (χ0n) is 18.9. The van der Waals surface area contributed by atoms with Crippen LogP contribution in [0.1, 0.15) is 36.8 Å². The Labute approximate surface area is 195 Å². The Morgan fingerprint density at radius 1 is 1.21 bits per heavy atom. The second-order valence-corrected chi connectivity index (χ2v) is 8.79. The highest BCUT2D eigenvalue weighted by atomic mass is 19.1. The summed E-state index contributed by atoms with van der Waals surface area (Å²) in [7, 11) is 1.44. The summed E-state index contributed by atoms with van der Waals surface area (Å²) in [6.45, 7) is 2.64. The van der Waals surface area contributed by atoms with Crippen molar-refractivity contribution in [1.29, 1.82) is 0 Å². The number of hydrogen-bond donors (Lipinski definition) is 1. The number of ether oxygens (including phenoxy) is 1. The molecule has 3 aromatic heterocycles. The van der Waals surface area contributed by atoms with Gasteiger partial charge in [-0.2, -0.15) is 4.39 Å². The van der Waals surface area contributed by atoms with Crippen LogP contribution in [-0.4, -0.2) is 56.5 Å². The highest BCUT2D eigenvalue weighted by molar-refractivity contribution is 5.84. The third-order valence-corrected chi connectivity index (χ3v) is 6.69. The first kappa shape index (κ1) is 22.1. The predicted octanol–water partition coefficient (Wildman–Crippen LogP) is 3.35. The fourth-order valence-corrected chi connectivity index (χ4v) is 4.76. The van der Waals surface area contributed by atoms with Gasteiger partial charge in [-0.1, -0.05) is 0 Å². The van der Waals surface area contributed by atoms with Gasteiger partial charge >= 0.3 is 0 Å². The molecule has 1 amide bonds. The van der Waals surface area contributed by atoms with Gasteiger partial charge in [0, 0.05) is 37.1 Å². The third kappa shape index (κ3) is 3.93. The van der Waals surface area contributed by atoms with E-state index >= 15 is 0 Å². The number of nitrogens with one attached hydrogen (secondary N) is 1. The summed E-state index contributed by atoms with van der Waals surface area (Å²) >= 11 is 0. The summed E-state index contributed by atoms with van der Waals surface area (Å²) in [4.78, 5) is 31.2. The first-order chi connectivity index (χ1) is 16.4. The molecule has 176 valence electrons. The van der Waals surface area contributed by atoms with E-state index in [1.54, 1.807) is 36.4 Å². The maximum atomic E-state index is 14.8. The number of anilines is 1. The number of rotatable bonds is 4. The number of likely N-dealkylation sites (tertiary alicyclic amines) is 1. The van der Waals surface area contributed by atoms with E-state index in [0.29, 0.717) is 37.6 Å². The van der Waals surface area contributed by atoms with Crippen LogP contribution >= 0.6 is 0 Å². The summed E-state index contributed by atoms with van der Waals surface area (Å²) in [6.07, 6.45) is 6.33. The zero-order valence-corrected chi connectivity index (χ0v) is 18.9. The van der Waals surface area contributed by atoms with Gasteiger partial charge in [0.15, 0.2) is 5.82 Å². The lowest BCUT2D eigenvalue weighted by molar-refractivity contribution is -0.131. The Bertz CT molecular complexity index is 1240. The van der Waals surface area contributed by atoms with E-state index in [0.717, 1.165) is 18.2 Å². The maximum Gasteiger partial charge on any atom is 0.230 e. The predicted molar refractivity (Wildman–Crippen MR) is 120 cm³/mol. The van der Waals surface area contributed by atoms with Gasteiger partial charge < -0.3 is 15.0 Å². The molecular weight excluding hydrogens is 442 g/mol. The maximum absolute atomic E-state index is 14.8. The van der Waals surface area contributed by atoms with Crippen LogP contribution in [0.2, 0.25) is 0 Å². The Morgan fingerprint density at radius 2 is 2.00 bits per heavy atom. The SMILES string of the molecule is COc1cc([C@@H](C)C(=O)N2CCC3(CCc4cc(-c5ncccn5)c(F)nc4N3)C2)c(F)cn1. The minimum Gasteiger partial charge on any atom is -0.481 e. The van der Waals surface area contributed by atoms with Crippen LogP contribution in [0.3, 0.4) is 0 Å². The second-order valence-electron chi connectivity index (χ2n) is 8.79. The number of methoxy groups -OCH3 is 1. The van der Waals surface area contributed by atoms with Gasteiger partial charge in [0.25, 0.3) is 0 Å². The number of nitrogens with zero attached hydrogens (tertiary/aromatic N) is 5. The fourth-order valence-electron chi connectivity index (χ4n) is 4.76. The fraction of sp³-hybridized carbons (Fsp3) is 0.375. The number of hydrogen-bond acceptors (Lipinski definition) is 7. The summed E-state index contributed by atoms with van der Waals surface area (Å²) in [5.41, 5.74) is 1.00. The topological polar surface area (TPSA) is 93.1 Å².